The van der Waals surface area contributed by atoms with E-state index in [1.54, 1.807) is 17.5 Å². The summed E-state index contributed by atoms with van der Waals surface area (Å²) in [6.45, 7) is 0.769. The number of rotatable bonds is 3. The highest BCUT2D eigenvalue weighted by Crippen LogP contribution is 2.39. The maximum atomic E-state index is 6.21. The van der Waals surface area contributed by atoms with Crippen molar-refractivity contribution in [2.45, 2.75) is 6.42 Å². The number of thiophene rings is 1. The molecular formula is C21H15ClN4S. The van der Waals surface area contributed by atoms with Crippen LogP contribution in [0.1, 0.15) is 16.7 Å². The van der Waals surface area contributed by atoms with Crippen molar-refractivity contribution < 1.29 is 0 Å². The molecular weight excluding hydrogens is 376 g/mol. The summed E-state index contributed by atoms with van der Waals surface area (Å²) in [5, 5.41) is 8.01. The van der Waals surface area contributed by atoms with E-state index < -0.39 is 0 Å². The van der Waals surface area contributed by atoms with E-state index in [2.05, 4.69) is 33.4 Å². The van der Waals surface area contributed by atoms with Crippen LogP contribution in [0.4, 0.5) is 0 Å². The van der Waals surface area contributed by atoms with Gasteiger partial charge in [-0.25, -0.2) is 0 Å². The van der Waals surface area contributed by atoms with E-state index in [9.17, 15) is 0 Å². The molecule has 0 bridgehead atoms. The number of nitrogens with zero attached hydrogens (tertiary/aromatic N) is 3. The minimum absolute atomic E-state index is 0.769. The summed E-state index contributed by atoms with van der Waals surface area (Å²) in [6, 6.07) is 14.4. The molecule has 6 heteroatoms. The molecule has 132 valence electrons. The minimum Gasteiger partial charge on any atom is -0.284 e. The molecule has 0 fully saturated rings. The Kier molecular flexibility index (Phi) is 4.11. The molecule has 3 aromatic heterocycles. The van der Waals surface area contributed by atoms with Gasteiger partial charge in [-0.2, -0.15) is 5.10 Å². The van der Waals surface area contributed by atoms with Crippen LogP contribution in [-0.4, -0.2) is 27.4 Å². The zero-order valence-corrected chi connectivity index (χ0v) is 15.9. The average Bonchev–Trinajstić information content (AvgIpc) is 3.37. The molecule has 4 aromatic rings. The van der Waals surface area contributed by atoms with Crippen LogP contribution in [-0.2, 0) is 6.42 Å². The molecule has 0 saturated heterocycles. The van der Waals surface area contributed by atoms with E-state index in [1.165, 1.54) is 10.4 Å². The number of H-pyrrole nitrogens is 1. The number of aromatic amines is 1. The maximum Gasteiger partial charge on any atom is 0.0757 e. The van der Waals surface area contributed by atoms with E-state index in [1.807, 2.05) is 36.7 Å². The van der Waals surface area contributed by atoms with Gasteiger partial charge in [0.2, 0.25) is 0 Å². The quantitative estimate of drug-likeness (QED) is 0.519. The largest absolute Gasteiger partial charge is 0.284 e. The summed E-state index contributed by atoms with van der Waals surface area (Å²) in [7, 11) is 0. The summed E-state index contributed by atoms with van der Waals surface area (Å²) in [6.07, 6.45) is 6.33. The molecule has 0 spiro atoms. The number of aromatic nitrogens is 3. The van der Waals surface area contributed by atoms with Gasteiger partial charge in [-0.1, -0.05) is 17.7 Å². The predicted molar refractivity (Wildman–Crippen MR) is 111 cm³/mol. The lowest BCUT2D eigenvalue weighted by atomic mass is 9.93. The third-order valence-corrected chi connectivity index (χ3v) is 6.12. The number of fused-ring (bicyclic) bond motifs is 1. The highest BCUT2D eigenvalue weighted by atomic mass is 35.5. The monoisotopic (exact) mass is 390 g/mol. The number of aliphatic imine (C=N–C) groups is 1. The van der Waals surface area contributed by atoms with Crippen LogP contribution in [0.2, 0.25) is 5.02 Å². The molecule has 0 aliphatic carbocycles. The molecule has 4 heterocycles. The number of pyridine rings is 1. The Labute approximate surface area is 165 Å². The third kappa shape index (κ3) is 2.99. The number of hydrogen-bond acceptors (Lipinski definition) is 4. The van der Waals surface area contributed by atoms with Gasteiger partial charge in [0.15, 0.2) is 0 Å². The second kappa shape index (κ2) is 6.76. The Bertz CT molecular complexity index is 1130. The topological polar surface area (TPSA) is 53.9 Å². The third-order valence-electron chi connectivity index (χ3n) is 4.67. The first-order valence-corrected chi connectivity index (χ1v) is 9.86. The van der Waals surface area contributed by atoms with Gasteiger partial charge in [0.1, 0.15) is 0 Å². The number of halogens is 1. The molecule has 5 rings (SSSR count). The van der Waals surface area contributed by atoms with E-state index in [0.717, 1.165) is 51.0 Å². The van der Waals surface area contributed by atoms with Crippen molar-refractivity contribution in [2.75, 3.05) is 6.54 Å². The van der Waals surface area contributed by atoms with Crippen LogP contribution in [0.25, 0.3) is 21.0 Å². The molecule has 1 aliphatic heterocycles. The molecule has 0 saturated carbocycles. The fraction of sp³-hybridized carbons (Fsp3) is 0.0952. The average molecular weight is 391 g/mol. The van der Waals surface area contributed by atoms with E-state index >= 15 is 0 Å². The summed E-state index contributed by atoms with van der Waals surface area (Å²) >= 11 is 7.95. The molecule has 1 N–H and O–H groups in total. The first-order valence-electron chi connectivity index (χ1n) is 8.67. The van der Waals surface area contributed by atoms with Crippen LogP contribution in [0.15, 0.2) is 66.0 Å². The molecule has 4 nitrogen and oxygen atoms in total. The molecule has 1 aromatic carbocycles. The Morgan fingerprint density at radius 3 is 2.67 bits per heavy atom. The molecule has 27 heavy (non-hydrogen) atoms. The lowest BCUT2D eigenvalue weighted by Gasteiger charge is -2.17. The van der Waals surface area contributed by atoms with Gasteiger partial charge in [-0.05, 0) is 53.9 Å². The van der Waals surface area contributed by atoms with Crippen molar-refractivity contribution >= 4 is 28.6 Å². The fourth-order valence-corrected chi connectivity index (χ4v) is 4.75. The van der Waals surface area contributed by atoms with Crippen LogP contribution < -0.4 is 0 Å². The lowest BCUT2D eigenvalue weighted by molar-refractivity contribution is 0.944. The normalized spacial score (nSPS) is 13.3. The van der Waals surface area contributed by atoms with E-state index in [-0.39, 0.29) is 0 Å². The van der Waals surface area contributed by atoms with Gasteiger partial charge in [0.05, 0.1) is 16.3 Å². The standard InChI is InChI=1S/C21H15ClN4S/c22-15-1-2-16-14(11-15)5-9-24-20(16)17-12-19(13-3-7-23-8-4-13)27-21(17)18-6-10-25-26-18/h1-4,6-8,10-12H,5,9H2,(H,25,26). The number of benzene rings is 1. The Hall–Kier alpha value is -2.76. The highest BCUT2D eigenvalue weighted by Gasteiger charge is 2.22. The van der Waals surface area contributed by atoms with Gasteiger partial charge in [-0.3, -0.25) is 15.1 Å². The molecule has 0 radical (unpaired) electrons. The predicted octanol–water partition coefficient (Wildman–Crippen LogP) is 5.25. The second-order valence-corrected chi connectivity index (χ2v) is 7.83. The van der Waals surface area contributed by atoms with Crippen molar-refractivity contribution in [2.24, 2.45) is 4.99 Å². The SMILES string of the molecule is Clc1ccc2c(c1)CCN=C2c1cc(-c2ccncc2)sc1-c1ccn[nH]1. The highest BCUT2D eigenvalue weighted by molar-refractivity contribution is 7.19. The van der Waals surface area contributed by atoms with Gasteiger partial charge >= 0.3 is 0 Å². The van der Waals surface area contributed by atoms with Gasteiger partial charge in [0.25, 0.3) is 0 Å². The van der Waals surface area contributed by atoms with Crippen molar-refractivity contribution in [3.05, 3.63) is 82.8 Å². The lowest BCUT2D eigenvalue weighted by Crippen LogP contribution is -2.14. The first-order chi connectivity index (χ1) is 13.3. The Balaban J connectivity index is 1.70. The van der Waals surface area contributed by atoms with Crippen LogP contribution in [0.3, 0.4) is 0 Å². The van der Waals surface area contributed by atoms with Crippen molar-refractivity contribution in [3.8, 4) is 21.0 Å². The number of nitrogens with one attached hydrogen (secondary N) is 1. The van der Waals surface area contributed by atoms with Crippen LogP contribution >= 0.6 is 22.9 Å². The molecule has 1 aliphatic rings. The second-order valence-electron chi connectivity index (χ2n) is 6.34. The minimum atomic E-state index is 0.769. The summed E-state index contributed by atoms with van der Waals surface area (Å²) < 4.78 is 0. The van der Waals surface area contributed by atoms with E-state index in [4.69, 9.17) is 16.6 Å². The molecule has 0 amide bonds. The summed E-state index contributed by atoms with van der Waals surface area (Å²) in [5.74, 6) is 0. The fourth-order valence-electron chi connectivity index (χ4n) is 3.41. The zero-order chi connectivity index (χ0) is 18.2. The molecule has 0 unspecified atom stereocenters. The van der Waals surface area contributed by atoms with E-state index in [0.29, 0.717) is 0 Å². The summed E-state index contributed by atoms with van der Waals surface area (Å²) in [5.41, 5.74) is 6.70. The van der Waals surface area contributed by atoms with Crippen molar-refractivity contribution in [3.63, 3.8) is 0 Å². The summed E-state index contributed by atoms with van der Waals surface area (Å²) in [4.78, 5) is 11.3. The first kappa shape index (κ1) is 16.4. The van der Waals surface area contributed by atoms with Crippen molar-refractivity contribution in [1.82, 2.24) is 15.2 Å². The smallest absolute Gasteiger partial charge is 0.0757 e. The Morgan fingerprint density at radius 1 is 0.963 bits per heavy atom. The van der Waals surface area contributed by atoms with Crippen LogP contribution in [0.5, 0.6) is 0 Å². The Morgan fingerprint density at radius 2 is 1.85 bits per heavy atom. The maximum absolute atomic E-state index is 6.21. The van der Waals surface area contributed by atoms with Gasteiger partial charge < -0.3 is 0 Å². The molecule has 0 atom stereocenters. The van der Waals surface area contributed by atoms with Crippen LogP contribution in [0, 0.1) is 0 Å². The zero-order valence-electron chi connectivity index (χ0n) is 14.3. The van der Waals surface area contributed by atoms with Gasteiger partial charge in [0, 0.05) is 46.2 Å². The number of hydrogen-bond donors (Lipinski definition) is 1. The van der Waals surface area contributed by atoms with Crippen molar-refractivity contribution in [1.29, 1.82) is 0 Å². The van der Waals surface area contributed by atoms with Gasteiger partial charge in [-0.15, -0.1) is 11.3 Å².